The Balaban J connectivity index is 1.50. The number of hydrogen-bond acceptors (Lipinski definition) is 3. The highest BCUT2D eigenvalue weighted by Gasteiger charge is 2.18. The van der Waals surface area contributed by atoms with Crippen molar-refractivity contribution in [3.8, 4) is 11.5 Å². The second-order valence-electron chi connectivity index (χ2n) is 6.48. The number of rotatable bonds is 8. The predicted octanol–water partition coefficient (Wildman–Crippen LogP) is 4.50. The standard InChI is InChI=1S/C23H25NO3/c1-3-22(27-21-13-10-18-6-4-5-7-19(18)16-21)23(25)24-14-15-26-20-11-8-17(2)9-12-20/h4-13,16,22H,3,14-15H2,1-2H3,(H,24,25)/t22-/m0/s1. The van der Waals surface area contributed by atoms with Crippen molar-refractivity contribution in [3.63, 3.8) is 0 Å². The molecule has 140 valence electrons. The van der Waals surface area contributed by atoms with Crippen LogP contribution in [0.4, 0.5) is 0 Å². The third-order valence-electron chi connectivity index (χ3n) is 4.35. The molecule has 0 aliphatic carbocycles. The van der Waals surface area contributed by atoms with Gasteiger partial charge >= 0.3 is 0 Å². The fraction of sp³-hybridized carbons (Fsp3) is 0.261. The smallest absolute Gasteiger partial charge is 0.261 e. The van der Waals surface area contributed by atoms with Gasteiger partial charge in [0.1, 0.15) is 18.1 Å². The third-order valence-corrected chi connectivity index (χ3v) is 4.35. The molecule has 0 radical (unpaired) electrons. The molecule has 0 aromatic heterocycles. The highest BCUT2D eigenvalue weighted by molar-refractivity contribution is 5.84. The zero-order chi connectivity index (χ0) is 19.1. The molecular weight excluding hydrogens is 338 g/mol. The second kappa shape index (κ2) is 9.08. The van der Waals surface area contributed by atoms with Gasteiger partial charge in [-0.15, -0.1) is 0 Å². The van der Waals surface area contributed by atoms with Crippen LogP contribution < -0.4 is 14.8 Å². The van der Waals surface area contributed by atoms with Crippen molar-refractivity contribution < 1.29 is 14.3 Å². The molecular formula is C23H25NO3. The Kier molecular flexibility index (Phi) is 6.31. The van der Waals surface area contributed by atoms with Crippen LogP contribution in [0.25, 0.3) is 10.8 Å². The van der Waals surface area contributed by atoms with E-state index in [4.69, 9.17) is 9.47 Å². The number of amides is 1. The summed E-state index contributed by atoms with van der Waals surface area (Å²) in [4.78, 5) is 12.4. The van der Waals surface area contributed by atoms with Gasteiger partial charge in [0.2, 0.25) is 0 Å². The molecule has 4 nitrogen and oxygen atoms in total. The molecule has 0 saturated heterocycles. The van der Waals surface area contributed by atoms with Crippen LogP contribution in [0, 0.1) is 6.92 Å². The SMILES string of the molecule is CC[C@H](Oc1ccc2ccccc2c1)C(=O)NCCOc1ccc(C)cc1. The molecule has 1 N–H and O–H groups in total. The minimum atomic E-state index is -0.523. The summed E-state index contributed by atoms with van der Waals surface area (Å²) in [5, 5.41) is 5.13. The molecule has 3 aromatic rings. The quantitative estimate of drug-likeness (QED) is 0.600. The van der Waals surface area contributed by atoms with Crippen LogP contribution in [0.15, 0.2) is 66.7 Å². The molecule has 3 aromatic carbocycles. The normalized spacial score (nSPS) is 11.8. The molecule has 0 heterocycles. The molecule has 27 heavy (non-hydrogen) atoms. The number of ether oxygens (including phenoxy) is 2. The van der Waals surface area contributed by atoms with E-state index in [0.29, 0.717) is 25.3 Å². The summed E-state index contributed by atoms with van der Waals surface area (Å²) in [6, 6.07) is 21.8. The Morgan fingerprint density at radius 2 is 1.67 bits per heavy atom. The Labute approximate surface area is 160 Å². The summed E-state index contributed by atoms with van der Waals surface area (Å²) < 4.78 is 11.5. The summed E-state index contributed by atoms with van der Waals surface area (Å²) in [7, 11) is 0. The lowest BCUT2D eigenvalue weighted by Gasteiger charge is -2.18. The number of benzene rings is 3. The van der Waals surface area contributed by atoms with Crippen LogP contribution in [0.5, 0.6) is 11.5 Å². The molecule has 0 saturated carbocycles. The molecule has 1 amide bonds. The van der Waals surface area contributed by atoms with Crippen LogP contribution in [0.3, 0.4) is 0 Å². The zero-order valence-electron chi connectivity index (χ0n) is 15.8. The summed E-state index contributed by atoms with van der Waals surface area (Å²) in [5.74, 6) is 1.37. The van der Waals surface area contributed by atoms with E-state index in [9.17, 15) is 4.79 Å². The van der Waals surface area contributed by atoms with Crippen LogP contribution in [-0.2, 0) is 4.79 Å². The van der Waals surface area contributed by atoms with Gasteiger partial charge in [0, 0.05) is 0 Å². The molecule has 0 unspecified atom stereocenters. The van der Waals surface area contributed by atoms with E-state index in [-0.39, 0.29) is 5.91 Å². The minimum Gasteiger partial charge on any atom is -0.492 e. The Morgan fingerprint density at radius 1 is 0.963 bits per heavy atom. The molecule has 0 bridgehead atoms. The number of carbonyl (C=O) groups is 1. The molecule has 1 atom stereocenters. The van der Waals surface area contributed by atoms with Crippen LogP contribution in [0.2, 0.25) is 0 Å². The lowest BCUT2D eigenvalue weighted by Crippen LogP contribution is -2.39. The lowest BCUT2D eigenvalue weighted by atomic mass is 10.1. The van der Waals surface area contributed by atoms with Gasteiger partial charge in [-0.2, -0.15) is 0 Å². The summed E-state index contributed by atoms with van der Waals surface area (Å²) in [5.41, 5.74) is 1.19. The summed E-state index contributed by atoms with van der Waals surface area (Å²) >= 11 is 0. The van der Waals surface area contributed by atoms with Gasteiger partial charge in [-0.3, -0.25) is 4.79 Å². The maximum Gasteiger partial charge on any atom is 0.261 e. The van der Waals surface area contributed by atoms with E-state index in [0.717, 1.165) is 16.5 Å². The van der Waals surface area contributed by atoms with Gasteiger partial charge in [-0.25, -0.2) is 0 Å². The van der Waals surface area contributed by atoms with Gasteiger partial charge in [-0.05, 0) is 48.4 Å². The van der Waals surface area contributed by atoms with Crippen molar-refractivity contribution in [2.75, 3.05) is 13.2 Å². The number of nitrogens with one attached hydrogen (secondary N) is 1. The van der Waals surface area contributed by atoms with Crippen molar-refractivity contribution >= 4 is 16.7 Å². The highest BCUT2D eigenvalue weighted by Crippen LogP contribution is 2.22. The molecule has 0 spiro atoms. The molecule has 0 aliphatic rings. The maximum atomic E-state index is 12.4. The highest BCUT2D eigenvalue weighted by atomic mass is 16.5. The third kappa shape index (κ3) is 5.23. The van der Waals surface area contributed by atoms with Gasteiger partial charge in [-0.1, -0.05) is 55.0 Å². The lowest BCUT2D eigenvalue weighted by molar-refractivity contribution is -0.128. The van der Waals surface area contributed by atoms with E-state index in [1.807, 2.05) is 74.5 Å². The Morgan fingerprint density at radius 3 is 2.41 bits per heavy atom. The van der Waals surface area contributed by atoms with Gasteiger partial charge in [0.05, 0.1) is 6.54 Å². The first kappa shape index (κ1) is 18.8. The van der Waals surface area contributed by atoms with E-state index in [1.54, 1.807) is 0 Å². The van der Waals surface area contributed by atoms with Crippen molar-refractivity contribution in [1.29, 1.82) is 0 Å². The van der Waals surface area contributed by atoms with Crippen LogP contribution >= 0.6 is 0 Å². The first-order chi connectivity index (χ1) is 13.2. The average molecular weight is 363 g/mol. The average Bonchev–Trinajstić information content (AvgIpc) is 2.70. The van der Waals surface area contributed by atoms with Crippen molar-refractivity contribution in [2.24, 2.45) is 0 Å². The van der Waals surface area contributed by atoms with Gasteiger partial charge in [0.25, 0.3) is 5.91 Å². The van der Waals surface area contributed by atoms with Gasteiger partial charge in [0.15, 0.2) is 6.10 Å². The minimum absolute atomic E-state index is 0.127. The van der Waals surface area contributed by atoms with E-state index < -0.39 is 6.10 Å². The monoisotopic (exact) mass is 363 g/mol. The molecule has 4 heteroatoms. The van der Waals surface area contributed by atoms with E-state index in [1.165, 1.54) is 5.56 Å². The fourth-order valence-corrected chi connectivity index (χ4v) is 2.82. The zero-order valence-corrected chi connectivity index (χ0v) is 15.8. The van der Waals surface area contributed by atoms with Gasteiger partial charge < -0.3 is 14.8 Å². The summed E-state index contributed by atoms with van der Waals surface area (Å²) in [6.45, 7) is 4.82. The second-order valence-corrected chi connectivity index (χ2v) is 6.48. The maximum absolute atomic E-state index is 12.4. The number of fused-ring (bicyclic) bond motifs is 1. The largest absolute Gasteiger partial charge is 0.492 e. The van der Waals surface area contributed by atoms with Crippen molar-refractivity contribution in [1.82, 2.24) is 5.32 Å². The molecule has 0 fully saturated rings. The van der Waals surface area contributed by atoms with E-state index >= 15 is 0 Å². The number of hydrogen-bond donors (Lipinski definition) is 1. The topological polar surface area (TPSA) is 47.6 Å². The van der Waals surface area contributed by atoms with Crippen molar-refractivity contribution in [3.05, 3.63) is 72.3 Å². The first-order valence-corrected chi connectivity index (χ1v) is 9.28. The number of aryl methyl sites for hydroxylation is 1. The molecule has 3 rings (SSSR count). The van der Waals surface area contributed by atoms with Crippen LogP contribution in [0.1, 0.15) is 18.9 Å². The first-order valence-electron chi connectivity index (χ1n) is 9.28. The number of carbonyl (C=O) groups excluding carboxylic acids is 1. The fourth-order valence-electron chi connectivity index (χ4n) is 2.82. The van der Waals surface area contributed by atoms with Crippen molar-refractivity contribution in [2.45, 2.75) is 26.4 Å². The molecule has 0 aliphatic heterocycles. The van der Waals surface area contributed by atoms with Crippen LogP contribution in [-0.4, -0.2) is 25.2 Å². The Hall–Kier alpha value is -3.01. The van der Waals surface area contributed by atoms with E-state index in [2.05, 4.69) is 11.4 Å². The predicted molar refractivity (Wildman–Crippen MR) is 108 cm³/mol. The Bertz CT molecular complexity index is 890. The summed E-state index contributed by atoms with van der Waals surface area (Å²) in [6.07, 6.45) is 0.0721.